The van der Waals surface area contributed by atoms with Gasteiger partial charge in [0.05, 0.1) is 11.3 Å². The Balaban J connectivity index is 3.41. The van der Waals surface area contributed by atoms with E-state index in [0.717, 1.165) is 6.20 Å². The van der Waals surface area contributed by atoms with Crippen molar-refractivity contribution in [1.82, 2.24) is 4.98 Å². The number of halogens is 3. The van der Waals surface area contributed by atoms with Crippen LogP contribution in [-0.2, 0) is 0 Å². The highest BCUT2D eigenvalue weighted by Crippen LogP contribution is 2.36. The summed E-state index contributed by atoms with van der Waals surface area (Å²) in [7, 11) is 0. The molecule has 1 aromatic rings. The summed E-state index contributed by atoms with van der Waals surface area (Å²) >= 11 is 5.34. The van der Waals surface area contributed by atoms with Gasteiger partial charge in [0.25, 0.3) is 6.43 Å². The maximum atomic E-state index is 12.3. The fraction of sp³-hybridized carbons (Fsp3) is 0.167. The van der Waals surface area contributed by atoms with Crippen LogP contribution in [0.4, 0.5) is 20.3 Å². The molecule has 0 aliphatic carbocycles. The van der Waals surface area contributed by atoms with E-state index in [4.69, 9.17) is 17.3 Å². The SMILES string of the molecule is Nc1cnc([N+](=O)[O-])c(Cl)c1C(F)F. The lowest BCUT2D eigenvalue weighted by molar-refractivity contribution is -0.389. The summed E-state index contributed by atoms with van der Waals surface area (Å²) in [6.45, 7) is 0. The number of nitrogens with zero attached hydrogens (tertiary/aromatic N) is 2. The molecule has 0 amide bonds. The number of nitrogen functional groups attached to an aromatic ring is 1. The van der Waals surface area contributed by atoms with Crippen molar-refractivity contribution in [2.75, 3.05) is 5.73 Å². The Morgan fingerprint density at radius 1 is 1.64 bits per heavy atom. The van der Waals surface area contributed by atoms with Gasteiger partial charge in [-0.3, -0.25) is 0 Å². The lowest BCUT2D eigenvalue weighted by Gasteiger charge is -2.04. The van der Waals surface area contributed by atoms with Crippen LogP contribution in [0, 0.1) is 10.1 Å². The Morgan fingerprint density at radius 3 is 2.64 bits per heavy atom. The molecule has 5 nitrogen and oxygen atoms in total. The number of nitrogens with two attached hydrogens (primary N) is 1. The molecule has 14 heavy (non-hydrogen) atoms. The predicted molar refractivity (Wildman–Crippen MR) is 45.3 cm³/mol. The van der Waals surface area contributed by atoms with Crippen LogP contribution in [0.25, 0.3) is 0 Å². The van der Waals surface area contributed by atoms with Gasteiger partial charge in [0, 0.05) is 0 Å². The van der Waals surface area contributed by atoms with Crippen molar-refractivity contribution in [3.05, 3.63) is 26.9 Å². The summed E-state index contributed by atoms with van der Waals surface area (Å²) in [6.07, 6.45) is -2.19. The van der Waals surface area contributed by atoms with Crippen molar-refractivity contribution in [2.45, 2.75) is 6.43 Å². The first-order chi connectivity index (χ1) is 6.45. The van der Waals surface area contributed by atoms with Crippen LogP contribution in [0.2, 0.25) is 5.02 Å². The van der Waals surface area contributed by atoms with E-state index in [1.165, 1.54) is 0 Å². The minimum atomic E-state index is -2.97. The molecule has 0 unspecified atom stereocenters. The number of hydrogen-bond donors (Lipinski definition) is 1. The number of nitro groups is 1. The van der Waals surface area contributed by atoms with Gasteiger partial charge in [0.15, 0.2) is 6.20 Å². The van der Waals surface area contributed by atoms with Crippen LogP contribution < -0.4 is 5.73 Å². The molecule has 8 heteroatoms. The molecule has 2 N–H and O–H groups in total. The second-order valence-corrected chi connectivity index (χ2v) is 2.70. The molecule has 0 radical (unpaired) electrons. The summed E-state index contributed by atoms with van der Waals surface area (Å²) in [5, 5.41) is 9.56. The zero-order chi connectivity index (χ0) is 10.9. The van der Waals surface area contributed by atoms with Crippen molar-refractivity contribution >= 4 is 23.1 Å². The van der Waals surface area contributed by atoms with E-state index in [9.17, 15) is 18.9 Å². The smallest absolute Gasteiger partial charge is 0.382 e. The number of anilines is 1. The van der Waals surface area contributed by atoms with Crippen LogP contribution in [-0.4, -0.2) is 9.91 Å². The molecule has 0 aromatic carbocycles. The Morgan fingerprint density at radius 2 is 2.21 bits per heavy atom. The molecule has 0 aliphatic rings. The summed E-state index contributed by atoms with van der Waals surface area (Å²) in [6, 6.07) is 0. The number of alkyl halides is 2. The third-order valence-corrected chi connectivity index (χ3v) is 1.83. The zero-order valence-corrected chi connectivity index (χ0v) is 7.33. The molecule has 76 valence electrons. The van der Waals surface area contributed by atoms with E-state index in [1.54, 1.807) is 0 Å². The largest absolute Gasteiger partial charge is 0.395 e. The summed E-state index contributed by atoms with van der Waals surface area (Å²) < 4.78 is 24.6. The second-order valence-electron chi connectivity index (χ2n) is 2.32. The number of hydrogen-bond acceptors (Lipinski definition) is 4. The maximum absolute atomic E-state index is 12.3. The monoisotopic (exact) mass is 223 g/mol. The summed E-state index contributed by atoms with van der Waals surface area (Å²) in [5.74, 6) is -0.823. The molecule has 0 bridgehead atoms. The minimum absolute atomic E-state index is 0.365. The molecule has 0 saturated carbocycles. The highest BCUT2D eigenvalue weighted by atomic mass is 35.5. The third-order valence-electron chi connectivity index (χ3n) is 1.46. The molecular weight excluding hydrogens is 220 g/mol. The Kier molecular flexibility index (Phi) is 2.80. The van der Waals surface area contributed by atoms with Crippen LogP contribution in [0.5, 0.6) is 0 Å². The molecule has 0 fully saturated rings. The van der Waals surface area contributed by atoms with Crippen LogP contribution in [0.1, 0.15) is 12.0 Å². The fourth-order valence-electron chi connectivity index (χ4n) is 0.853. The zero-order valence-electron chi connectivity index (χ0n) is 6.58. The van der Waals surface area contributed by atoms with Crippen molar-refractivity contribution in [1.29, 1.82) is 0 Å². The van der Waals surface area contributed by atoms with Crippen molar-refractivity contribution < 1.29 is 13.7 Å². The Hall–Kier alpha value is -1.50. The fourth-order valence-corrected chi connectivity index (χ4v) is 1.16. The molecule has 1 aromatic heterocycles. The Labute approximate surface area is 81.6 Å². The lowest BCUT2D eigenvalue weighted by atomic mass is 10.2. The molecule has 0 atom stereocenters. The van der Waals surface area contributed by atoms with E-state index in [2.05, 4.69) is 4.98 Å². The van der Waals surface area contributed by atoms with Gasteiger partial charge in [-0.1, -0.05) is 11.6 Å². The van der Waals surface area contributed by atoms with Gasteiger partial charge >= 0.3 is 5.82 Å². The molecule has 1 heterocycles. The number of pyridine rings is 1. The molecule has 0 saturated heterocycles. The standard InChI is InChI=1S/C6H4ClF2N3O2/c7-4-3(5(8)9)2(10)1-11-6(4)12(13)14/h1,5H,10H2. The highest BCUT2D eigenvalue weighted by molar-refractivity contribution is 6.33. The van der Waals surface area contributed by atoms with Gasteiger partial charge in [-0.05, 0) is 9.91 Å². The van der Waals surface area contributed by atoms with Gasteiger partial charge in [-0.25, -0.2) is 8.78 Å². The van der Waals surface area contributed by atoms with Crippen molar-refractivity contribution in [2.24, 2.45) is 0 Å². The average molecular weight is 224 g/mol. The number of aromatic nitrogens is 1. The van der Waals surface area contributed by atoms with Gasteiger partial charge in [-0.15, -0.1) is 0 Å². The maximum Gasteiger partial charge on any atom is 0.382 e. The third kappa shape index (κ3) is 1.72. The van der Waals surface area contributed by atoms with Crippen LogP contribution >= 0.6 is 11.6 Å². The minimum Gasteiger partial charge on any atom is -0.395 e. The first kappa shape index (κ1) is 10.6. The number of rotatable bonds is 2. The first-order valence-corrected chi connectivity index (χ1v) is 3.69. The van der Waals surface area contributed by atoms with Crippen molar-refractivity contribution in [3.8, 4) is 0 Å². The molecule has 0 spiro atoms. The lowest BCUT2D eigenvalue weighted by Crippen LogP contribution is -2.01. The molecular formula is C6H4ClF2N3O2. The van der Waals surface area contributed by atoms with Gasteiger partial charge in [-0.2, -0.15) is 0 Å². The quantitative estimate of drug-likeness (QED) is 0.615. The highest BCUT2D eigenvalue weighted by Gasteiger charge is 2.25. The molecule has 0 aliphatic heterocycles. The van der Waals surface area contributed by atoms with E-state index >= 15 is 0 Å². The van der Waals surface area contributed by atoms with E-state index < -0.39 is 27.8 Å². The normalized spacial score (nSPS) is 10.6. The van der Waals surface area contributed by atoms with Crippen LogP contribution in [0.3, 0.4) is 0 Å². The second kappa shape index (κ2) is 3.70. The Bertz CT molecular complexity index is 386. The summed E-state index contributed by atoms with van der Waals surface area (Å²) in [5.41, 5.74) is 4.02. The topological polar surface area (TPSA) is 82.0 Å². The first-order valence-electron chi connectivity index (χ1n) is 3.31. The van der Waals surface area contributed by atoms with Gasteiger partial charge in [0.1, 0.15) is 5.02 Å². The van der Waals surface area contributed by atoms with Gasteiger partial charge < -0.3 is 15.8 Å². The van der Waals surface area contributed by atoms with Gasteiger partial charge in [0.2, 0.25) is 0 Å². The average Bonchev–Trinajstić information content (AvgIpc) is 2.02. The summed E-state index contributed by atoms with van der Waals surface area (Å²) in [4.78, 5) is 12.6. The van der Waals surface area contributed by atoms with Crippen LogP contribution in [0.15, 0.2) is 6.20 Å². The van der Waals surface area contributed by atoms with E-state index in [-0.39, 0.29) is 5.69 Å². The molecule has 1 rings (SSSR count). The predicted octanol–water partition coefficient (Wildman–Crippen LogP) is 2.16. The van der Waals surface area contributed by atoms with E-state index in [0.29, 0.717) is 0 Å². The van der Waals surface area contributed by atoms with Crippen molar-refractivity contribution in [3.63, 3.8) is 0 Å². The van der Waals surface area contributed by atoms with E-state index in [1.807, 2.05) is 0 Å².